The van der Waals surface area contributed by atoms with E-state index in [-0.39, 0.29) is 0 Å². The van der Waals surface area contributed by atoms with Crippen LogP contribution in [0.1, 0.15) is 52.9 Å². The van der Waals surface area contributed by atoms with Gasteiger partial charge in [0.15, 0.2) is 0 Å². The Hall–Kier alpha value is 0.270. The van der Waals surface area contributed by atoms with Gasteiger partial charge in [-0.1, -0.05) is 19.8 Å². The van der Waals surface area contributed by atoms with Crippen LogP contribution in [0, 0.1) is 5.92 Å². The van der Waals surface area contributed by atoms with Crippen LogP contribution in [0.4, 0.5) is 0 Å². The fourth-order valence-corrected chi connectivity index (χ4v) is 4.80. The molecule has 2 atom stereocenters. The average molecular weight is 285 g/mol. The zero-order valence-corrected chi connectivity index (χ0v) is 13.9. The van der Waals surface area contributed by atoms with E-state index >= 15 is 0 Å². The van der Waals surface area contributed by atoms with Crippen molar-refractivity contribution in [1.29, 1.82) is 0 Å². The molecule has 19 heavy (non-hydrogen) atoms. The summed E-state index contributed by atoms with van der Waals surface area (Å²) in [5.74, 6) is 2.20. The molecule has 1 N–H and O–H groups in total. The second-order valence-electron chi connectivity index (χ2n) is 6.95. The minimum atomic E-state index is 0.458. The molecule has 0 bridgehead atoms. The van der Waals surface area contributed by atoms with Crippen molar-refractivity contribution in [1.82, 2.24) is 10.2 Å². The fraction of sp³-hybridized carbons (Fsp3) is 1.00. The molecule has 1 heterocycles. The van der Waals surface area contributed by atoms with Crippen molar-refractivity contribution in [3.8, 4) is 0 Å². The van der Waals surface area contributed by atoms with Crippen molar-refractivity contribution in [3.05, 3.63) is 0 Å². The van der Waals surface area contributed by atoms with Gasteiger partial charge in [-0.2, -0.15) is 11.8 Å². The number of rotatable bonds is 5. The normalized spacial score (nSPS) is 32.4. The summed E-state index contributed by atoms with van der Waals surface area (Å²) in [5.41, 5.74) is 0. The molecule has 3 heteroatoms. The third-order valence-corrected chi connectivity index (χ3v) is 5.86. The van der Waals surface area contributed by atoms with Gasteiger partial charge in [-0.15, -0.1) is 0 Å². The Morgan fingerprint density at radius 2 is 2.05 bits per heavy atom. The Kier molecular flexibility index (Phi) is 6.04. The highest BCUT2D eigenvalue weighted by atomic mass is 32.2. The molecule has 112 valence electrons. The van der Waals surface area contributed by atoms with Gasteiger partial charge in [0.05, 0.1) is 0 Å². The van der Waals surface area contributed by atoms with Crippen LogP contribution in [0.3, 0.4) is 0 Å². The molecule has 2 nitrogen and oxygen atoms in total. The van der Waals surface area contributed by atoms with E-state index in [0.29, 0.717) is 4.75 Å². The zero-order valence-electron chi connectivity index (χ0n) is 13.1. The van der Waals surface area contributed by atoms with Crippen molar-refractivity contribution in [2.24, 2.45) is 5.92 Å². The second-order valence-corrected chi connectivity index (χ2v) is 8.75. The van der Waals surface area contributed by atoms with Crippen molar-refractivity contribution >= 4 is 11.8 Å². The van der Waals surface area contributed by atoms with Crippen LogP contribution in [-0.2, 0) is 0 Å². The summed E-state index contributed by atoms with van der Waals surface area (Å²) in [5, 5.41) is 3.80. The molecular formula is C16H32N2S. The summed E-state index contributed by atoms with van der Waals surface area (Å²) in [7, 11) is 0. The lowest BCUT2D eigenvalue weighted by Gasteiger charge is -2.42. The molecule has 2 fully saturated rings. The monoisotopic (exact) mass is 284 g/mol. The van der Waals surface area contributed by atoms with Crippen LogP contribution in [0.2, 0.25) is 0 Å². The molecule has 1 saturated carbocycles. The Labute approximate surface area is 124 Å². The van der Waals surface area contributed by atoms with E-state index < -0.39 is 0 Å². The molecule has 2 aliphatic rings. The number of nitrogens with zero attached hydrogens (tertiary/aromatic N) is 1. The average Bonchev–Trinajstić information content (AvgIpc) is 2.36. The fourth-order valence-electron chi connectivity index (χ4n) is 3.63. The molecule has 0 aromatic rings. The Balaban J connectivity index is 1.84. The summed E-state index contributed by atoms with van der Waals surface area (Å²) in [6, 6.07) is 0.784. The van der Waals surface area contributed by atoms with E-state index in [2.05, 4.69) is 42.7 Å². The van der Waals surface area contributed by atoms with Gasteiger partial charge < -0.3 is 10.2 Å². The van der Waals surface area contributed by atoms with Gasteiger partial charge in [-0.05, 0) is 45.6 Å². The summed E-state index contributed by atoms with van der Waals surface area (Å²) in [4.78, 5) is 2.73. The van der Waals surface area contributed by atoms with Crippen LogP contribution >= 0.6 is 11.8 Å². The maximum Gasteiger partial charge on any atom is 0.0231 e. The molecule has 0 radical (unpaired) electrons. The van der Waals surface area contributed by atoms with E-state index in [4.69, 9.17) is 0 Å². The summed E-state index contributed by atoms with van der Waals surface area (Å²) < 4.78 is 0.458. The third-order valence-electron chi connectivity index (χ3n) is 4.56. The van der Waals surface area contributed by atoms with Crippen molar-refractivity contribution < 1.29 is 0 Å². The molecule has 1 aliphatic carbocycles. The molecule has 0 spiro atoms. The quantitative estimate of drug-likeness (QED) is 0.833. The second kappa shape index (κ2) is 7.33. The highest BCUT2D eigenvalue weighted by Crippen LogP contribution is 2.32. The van der Waals surface area contributed by atoms with Gasteiger partial charge in [0.2, 0.25) is 0 Å². The number of nitrogens with one attached hydrogen (secondary N) is 1. The maximum atomic E-state index is 3.80. The van der Waals surface area contributed by atoms with Crippen molar-refractivity contribution in [2.75, 3.05) is 31.9 Å². The van der Waals surface area contributed by atoms with Crippen LogP contribution < -0.4 is 5.32 Å². The van der Waals surface area contributed by atoms with Crippen LogP contribution in [0.25, 0.3) is 0 Å². The topological polar surface area (TPSA) is 15.3 Å². The first-order valence-electron chi connectivity index (χ1n) is 8.20. The van der Waals surface area contributed by atoms with Crippen LogP contribution in [-0.4, -0.2) is 47.6 Å². The van der Waals surface area contributed by atoms with Gasteiger partial charge >= 0.3 is 0 Å². The molecule has 1 saturated heterocycles. The summed E-state index contributed by atoms with van der Waals surface area (Å²) in [6.45, 7) is 12.2. The van der Waals surface area contributed by atoms with E-state index in [1.165, 1.54) is 64.0 Å². The van der Waals surface area contributed by atoms with Gasteiger partial charge in [0.1, 0.15) is 0 Å². The van der Waals surface area contributed by atoms with E-state index in [1.54, 1.807) is 0 Å². The maximum absolute atomic E-state index is 3.80. The molecule has 0 aromatic heterocycles. The Morgan fingerprint density at radius 1 is 1.26 bits per heavy atom. The first kappa shape index (κ1) is 15.7. The van der Waals surface area contributed by atoms with Gasteiger partial charge in [0, 0.05) is 36.2 Å². The van der Waals surface area contributed by atoms with E-state index in [1.807, 2.05) is 0 Å². The molecule has 2 unspecified atom stereocenters. The van der Waals surface area contributed by atoms with Crippen LogP contribution in [0.15, 0.2) is 0 Å². The smallest absolute Gasteiger partial charge is 0.0231 e. The highest BCUT2D eigenvalue weighted by molar-refractivity contribution is 8.00. The standard InChI is InChI=1S/C16H32N2S/c1-4-9-17-15-8-6-5-7-14(15)12-18-10-11-19-16(2,3)13-18/h14-15,17H,4-13H2,1-3H3. The number of hydrogen-bond acceptors (Lipinski definition) is 3. The van der Waals surface area contributed by atoms with Gasteiger partial charge in [-0.3, -0.25) is 0 Å². The van der Waals surface area contributed by atoms with Gasteiger partial charge in [-0.25, -0.2) is 0 Å². The van der Waals surface area contributed by atoms with Crippen LogP contribution in [0.5, 0.6) is 0 Å². The molecule has 1 aliphatic heterocycles. The Bertz CT molecular complexity index is 267. The zero-order chi connectivity index (χ0) is 13.7. The minimum absolute atomic E-state index is 0.458. The molecule has 0 aromatic carbocycles. The van der Waals surface area contributed by atoms with Crippen molar-refractivity contribution in [2.45, 2.75) is 63.7 Å². The SMILES string of the molecule is CCCNC1CCCCC1CN1CCSC(C)(C)C1. The molecule has 0 amide bonds. The lowest BCUT2D eigenvalue weighted by molar-refractivity contribution is 0.163. The number of hydrogen-bond donors (Lipinski definition) is 1. The first-order valence-corrected chi connectivity index (χ1v) is 9.19. The largest absolute Gasteiger partial charge is 0.314 e. The molecular weight excluding hydrogens is 252 g/mol. The number of thioether (sulfide) groups is 1. The third kappa shape index (κ3) is 4.95. The van der Waals surface area contributed by atoms with Crippen molar-refractivity contribution in [3.63, 3.8) is 0 Å². The lowest BCUT2D eigenvalue weighted by Crippen LogP contribution is -2.49. The lowest BCUT2D eigenvalue weighted by atomic mass is 9.84. The minimum Gasteiger partial charge on any atom is -0.314 e. The molecule has 2 rings (SSSR count). The predicted octanol–water partition coefficient (Wildman–Crippen LogP) is 3.37. The first-order chi connectivity index (χ1) is 9.11. The predicted molar refractivity (Wildman–Crippen MR) is 87.0 cm³/mol. The summed E-state index contributed by atoms with van der Waals surface area (Å²) >= 11 is 2.14. The van der Waals surface area contributed by atoms with Gasteiger partial charge in [0.25, 0.3) is 0 Å². The van der Waals surface area contributed by atoms with E-state index in [0.717, 1.165) is 12.0 Å². The summed E-state index contributed by atoms with van der Waals surface area (Å²) in [6.07, 6.45) is 6.97. The highest BCUT2D eigenvalue weighted by Gasteiger charge is 2.31. The Morgan fingerprint density at radius 3 is 2.79 bits per heavy atom. The van der Waals surface area contributed by atoms with E-state index in [9.17, 15) is 0 Å².